The van der Waals surface area contributed by atoms with Gasteiger partial charge in [0, 0.05) is 30.4 Å². The van der Waals surface area contributed by atoms with Crippen molar-refractivity contribution >= 4 is 27.5 Å². The highest BCUT2D eigenvalue weighted by Gasteiger charge is 2.20. The van der Waals surface area contributed by atoms with E-state index in [1.165, 1.54) is 0 Å². The number of nitrogen functional groups attached to an aromatic ring is 1. The van der Waals surface area contributed by atoms with Crippen molar-refractivity contribution in [2.75, 3.05) is 25.1 Å². The average Bonchev–Trinajstić information content (AvgIpc) is 2.80. The fourth-order valence-corrected chi connectivity index (χ4v) is 2.86. The van der Waals surface area contributed by atoms with Gasteiger partial charge in [-0.15, -0.1) is 0 Å². The normalized spacial score (nSPS) is 18.9. The van der Waals surface area contributed by atoms with Crippen LogP contribution in [-0.4, -0.2) is 32.1 Å². The Bertz CT molecular complexity index is 444. The van der Waals surface area contributed by atoms with E-state index in [-0.39, 0.29) is 11.9 Å². The SMILES string of the molecule is CN(CC1CCCO1)c1cccc(Br)c1C(=N)N. The number of ether oxygens (including phenoxy) is 1. The van der Waals surface area contributed by atoms with Gasteiger partial charge in [-0.2, -0.15) is 0 Å². The van der Waals surface area contributed by atoms with Gasteiger partial charge in [0.2, 0.25) is 0 Å². The van der Waals surface area contributed by atoms with Gasteiger partial charge >= 0.3 is 0 Å². The molecule has 18 heavy (non-hydrogen) atoms. The number of anilines is 1. The summed E-state index contributed by atoms with van der Waals surface area (Å²) in [5.74, 6) is 0.0802. The first-order valence-electron chi connectivity index (χ1n) is 6.05. The molecule has 98 valence electrons. The summed E-state index contributed by atoms with van der Waals surface area (Å²) in [4.78, 5) is 2.11. The van der Waals surface area contributed by atoms with Crippen molar-refractivity contribution in [1.29, 1.82) is 5.41 Å². The molecule has 0 saturated carbocycles. The van der Waals surface area contributed by atoms with Crippen molar-refractivity contribution in [2.45, 2.75) is 18.9 Å². The molecule has 1 saturated heterocycles. The van der Waals surface area contributed by atoms with Crippen molar-refractivity contribution in [2.24, 2.45) is 5.73 Å². The molecule has 0 amide bonds. The van der Waals surface area contributed by atoms with Gasteiger partial charge in [0.1, 0.15) is 5.84 Å². The predicted octanol–water partition coefficient (Wildman–Crippen LogP) is 2.35. The molecular weight excluding hydrogens is 294 g/mol. The topological polar surface area (TPSA) is 62.3 Å². The van der Waals surface area contributed by atoms with E-state index in [0.29, 0.717) is 0 Å². The van der Waals surface area contributed by atoms with Gasteiger partial charge in [0.25, 0.3) is 0 Å². The Morgan fingerprint density at radius 1 is 1.61 bits per heavy atom. The Balaban J connectivity index is 2.20. The number of hydrogen-bond donors (Lipinski definition) is 2. The molecule has 4 nitrogen and oxygen atoms in total. The van der Waals surface area contributed by atoms with E-state index < -0.39 is 0 Å². The van der Waals surface area contributed by atoms with Gasteiger partial charge in [-0.3, -0.25) is 5.41 Å². The van der Waals surface area contributed by atoms with Crippen molar-refractivity contribution < 1.29 is 4.74 Å². The monoisotopic (exact) mass is 311 g/mol. The van der Waals surface area contributed by atoms with Crippen LogP contribution < -0.4 is 10.6 Å². The molecule has 5 heteroatoms. The zero-order valence-corrected chi connectivity index (χ0v) is 12.0. The summed E-state index contributed by atoms with van der Waals surface area (Å²) in [6.45, 7) is 1.69. The number of nitrogens with two attached hydrogens (primary N) is 1. The zero-order valence-electron chi connectivity index (χ0n) is 10.4. The third-order valence-electron chi connectivity index (χ3n) is 3.17. The number of nitrogens with one attached hydrogen (secondary N) is 1. The fraction of sp³-hybridized carbons (Fsp3) is 0.462. The van der Waals surface area contributed by atoms with E-state index >= 15 is 0 Å². The lowest BCUT2D eigenvalue weighted by atomic mass is 10.1. The summed E-state index contributed by atoms with van der Waals surface area (Å²) in [6.07, 6.45) is 2.53. The van der Waals surface area contributed by atoms with Crippen LogP contribution in [0.4, 0.5) is 5.69 Å². The summed E-state index contributed by atoms with van der Waals surface area (Å²) in [5, 5.41) is 7.68. The minimum absolute atomic E-state index is 0.0802. The maximum Gasteiger partial charge on any atom is 0.126 e. The van der Waals surface area contributed by atoms with Crippen LogP contribution in [0.5, 0.6) is 0 Å². The average molecular weight is 312 g/mol. The van der Waals surface area contributed by atoms with E-state index in [1.807, 2.05) is 25.2 Å². The van der Waals surface area contributed by atoms with Crippen LogP contribution in [0.2, 0.25) is 0 Å². The molecular formula is C13H18BrN3O. The highest BCUT2D eigenvalue weighted by Crippen LogP contribution is 2.27. The molecule has 1 heterocycles. The van der Waals surface area contributed by atoms with Crippen LogP contribution in [-0.2, 0) is 4.74 Å². The number of nitrogens with zero attached hydrogens (tertiary/aromatic N) is 1. The second kappa shape index (κ2) is 5.71. The number of hydrogen-bond acceptors (Lipinski definition) is 3. The van der Waals surface area contributed by atoms with Crippen molar-refractivity contribution in [1.82, 2.24) is 0 Å². The maximum atomic E-state index is 7.68. The maximum absolute atomic E-state index is 7.68. The minimum Gasteiger partial charge on any atom is -0.384 e. The first-order chi connectivity index (χ1) is 8.59. The van der Waals surface area contributed by atoms with Gasteiger partial charge < -0.3 is 15.4 Å². The molecule has 0 radical (unpaired) electrons. The Morgan fingerprint density at radius 2 is 2.39 bits per heavy atom. The number of benzene rings is 1. The molecule has 3 N–H and O–H groups in total. The Kier molecular flexibility index (Phi) is 4.24. The van der Waals surface area contributed by atoms with Crippen molar-refractivity contribution in [3.8, 4) is 0 Å². The molecule has 1 fully saturated rings. The molecule has 0 aromatic heterocycles. The largest absolute Gasteiger partial charge is 0.384 e. The number of halogens is 1. The highest BCUT2D eigenvalue weighted by atomic mass is 79.9. The quantitative estimate of drug-likeness (QED) is 0.663. The molecule has 1 aliphatic rings. The molecule has 2 rings (SSSR count). The number of amidine groups is 1. The van der Waals surface area contributed by atoms with Gasteiger partial charge in [-0.1, -0.05) is 6.07 Å². The Hall–Kier alpha value is -1.07. The molecule has 1 atom stereocenters. The molecule has 1 aliphatic heterocycles. The van der Waals surface area contributed by atoms with Gasteiger partial charge in [0.15, 0.2) is 0 Å². The lowest BCUT2D eigenvalue weighted by Gasteiger charge is -2.25. The lowest BCUT2D eigenvalue weighted by molar-refractivity contribution is 0.116. The standard InChI is InChI=1S/C13H18BrN3O/c1-17(8-9-4-3-7-18-9)11-6-2-5-10(14)12(11)13(15)16/h2,5-6,9H,3-4,7-8H2,1H3,(H3,15,16). The summed E-state index contributed by atoms with van der Waals surface area (Å²) in [7, 11) is 2.01. The van der Waals surface area contributed by atoms with Gasteiger partial charge in [0.05, 0.1) is 11.7 Å². The molecule has 0 spiro atoms. The first-order valence-corrected chi connectivity index (χ1v) is 6.84. The highest BCUT2D eigenvalue weighted by molar-refractivity contribution is 9.10. The smallest absolute Gasteiger partial charge is 0.126 e. The second-order valence-electron chi connectivity index (χ2n) is 4.56. The fourth-order valence-electron chi connectivity index (χ4n) is 2.29. The van der Waals surface area contributed by atoms with Gasteiger partial charge in [-0.25, -0.2) is 0 Å². The summed E-state index contributed by atoms with van der Waals surface area (Å²) < 4.78 is 6.49. The van der Waals surface area contributed by atoms with E-state index in [2.05, 4.69) is 20.8 Å². The Morgan fingerprint density at radius 3 is 3.00 bits per heavy atom. The van der Waals surface area contributed by atoms with E-state index in [1.54, 1.807) is 0 Å². The van der Waals surface area contributed by atoms with Crippen LogP contribution in [0.15, 0.2) is 22.7 Å². The summed E-state index contributed by atoms with van der Waals surface area (Å²) in [6, 6.07) is 5.84. The number of rotatable bonds is 4. The second-order valence-corrected chi connectivity index (χ2v) is 5.42. The third-order valence-corrected chi connectivity index (χ3v) is 3.83. The molecule has 1 aromatic rings. The van der Waals surface area contributed by atoms with Crippen molar-refractivity contribution in [3.63, 3.8) is 0 Å². The van der Waals surface area contributed by atoms with E-state index in [0.717, 1.165) is 41.7 Å². The van der Waals surface area contributed by atoms with Crippen LogP contribution >= 0.6 is 15.9 Å². The summed E-state index contributed by atoms with van der Waals surface area (Å²) >= 11 is 3.45. The van der Waals surface area contributed by atoms with Crippen LogP contribution in [0, 0.1) is 5.41 Å². The first kappa shape index (κ1) is 13.4. The molecule has 0 bridgehead atoms. The minimum atomic E-state index is 0.0802. The molecule has 1 aromatic carbocycles. The Labute approximate surface area is 116 Å². The lowest BCUT2D eigenvalue weighted by Crippen LogP contribution is -2.30. The third kappa shape index (κ3) is 2.84. The predicted molar refractivity (Wildman–Crippen MR) is 77.4 cm³/mol. The van der Waals surface area contributed by atoms with E-state index in [9.17, 15) is 0 Å². The van der Waals surface area contributed by atoms with Crippen LogP contribution in [0.3, 0.4) is 0 Å². The van der Waals surface area contributed by atoms with E-state index in [4.69, 9.17) is 15.9 Å². The van der Waals surface area contributed by atoms with Gasteiger partial charge in [-0.05, 0) is 40.9 Å². The number of likely N-dealkylation sites (N-methyl/N-ethyl adjacent to an activating group) is 1. The molecule has 1 unspecified atom stereocenters. The molecule has 0 aliphatic carbocycles. The van der Waals surface area contributed by atoms with Crippen LogP contribution in [0.25, 0.3) is 0 Å². The van der Waals surface area contributed by atoms with Crippen LogP contribution in [0.1, 0.15) is 18.4 Å². The van der Waals surface area contributed by atoms with Crippen molar-refractivity contribution in [3.05, 3.63) is 28.2 Å². The summed E-state index contributed by atoms with van der Waals surface area (Å²) in [5.41, 5.74) is 7.37. The zero-order chi connectivity index (χ0) is 13.1.